The minimum atomic E-state index is 1.13. The van der Waals surface area contributed by atoms with Crippen LogP contribution in [-0.4, -0.2) is 4.57 Å². The fourth-order valence-electron chi connectivity index (χ4n) is 7.87. The maximum atomic E-state index is 2.41. The van der Waals surface area contributed by atoms with Crippen LogP contribution in [-0.2, 0) is 0 Å². The normalized spacial score (nSPS) is 11.6. The first-order valence-corrected chi connectivity index (χ1v) is 17.2. The average molecular weight is 637 g/mol. The molecule has 2 nitrogen and oxygen atoms in total. The van der Waals surface area contributed by atoms with Crippen molar-refractivity contribution in [3.63, 3.8) is 0 Å². The molecule has 0 saturated heterocycles. The van der Waals surface area contributed by atoms with Crippen molar-refractivity contribution in [2.45, 2.75) is 0 Å². The number of rotatable bonds is 5. The third-order valence-corrected chi connectivity index (χ3v) is 10.1. The molecule has 9 aromatic carbocycles. The van der Waals surface area contributed by atoms with Crippen LogP contribution in [0.25, 0.3) is 70.9 Å². The highest BCUT2D eigenvalue weighted by atomic mass is 15.1. The fraction of sp³-hybridized carbons (Fsp3) is 0. The van der Waals surface area contributed by atoms with E-state index in [1.807, 2.05) is 0 Å². The van der Waals surface area contributed by atoms with Crippen molar-refractivity contribution in [3.8, 4) is 16.8 Å². The van der Waals surface area contributed by atoms with Gasteiger partial charge in [-0.15, -0.1) is 0 Å². The Morgan fingerprint density at radius 1 is 0.280 bits per heavy atom. The number of aromatic nitrogens is 1. The Hall–Kier alpha value is -6.64. The summed E-state index contributed by atoms with van der Waals surface area (Å²) in [6.07, 6.45) is 0. The second-order valence-electron chi connectivity index (χ2n) is 13.0. The lowest BCUT2D eigenvalue weighted by molar-refractivity contribution is 1.19. The van der Waals surface area contributed by atoms with Gasteiger partial charge in [0, 0.05) is 33.5 Å². The van der Waals surface area contributed by atoms with Crippen molar-refractivity contribution in [2.24, 2.45) is 0 Å². The van der Waals surface area contributed by atoms with Gasteiger partial charge in [0.05, 0.1) is 11.0 Å². The van der Waals surface area contributed by atoms with Gasteiger partial charge in [0.2, 0.25) is 0 Å². The first kappa shape index (κ1) is 28.4. The smallest absolute Gasteiger partial charge is 0.0541 e. The molecule has 234 valence electrons. The zero-order valence-electron chi connectivity index (χ0n) is 27.4. The van der Waals surface area contributed by atoms with Gasteiger partial charge in [-0.3, -0.25) is 0 Å². The van der Waals surface area contributed by atoms with Crippen LogP contribution >= 0.6 is 0 Å². The van der Waals surface area contributed by atoms with E-state index in [9.17, 15) is 0 Å². The van der Waals surface area contributed by atoms with Gasteiger partial charge >= 0.3 is 0 Å². The summed E-state index contributed by atoms with van der Waals surface area (Å²) in [4.78, 5) is 2.30. The minimum absolute atomic E-state index is 1.13. The molecular weight excluding hydrogens is 605 g/mol. The average Bonchev–Trinajstić information content (AvgIpc) is 3.53. The lowest BCUT2D eigenvalue weighted by Crippen LogP contribution is -2.09. The molecule has 10 aromatic rings. The summed E-state index contributed by atoms with van der Waals surface area (Å²) in [6.45, 7) is 0. The molecule has 0 bridgehead atoms. The molecule has 2 heteroatoms. The predicted octanol–water partition coefficient (Wildman–Crippen LogP) is 13.4. The topological polar surface area (TPSA) is 8.17 Å². The van der Waals surface area contributed by atoms with Gasteiger partial charge < -0.3 is 9.47 Å². The van der Waals surface area contributed by atoms with Gasteiger partial charge in [0.15, 0.2) is 0 Å². The number of fused-ring (bicyclic) bond motifs is 9. The Morgan fingerprint density at radius 2 is 0.700 bits per heavy atom. The maximum absolute atomic E-state index is 2.41. The lowest BCUT2D eigenvalue weighted by atomic mass is 9.91. The molecule has 0 amide bonds. The van der Waals surface area contributed by atoms with E-state index in [2.05, 4.69) is 204 Å². The maximum Gasteiger partial charge on any atom is 0.0541 e. The van der Waals surface area contributed by atoms with Crippen LogP contribution in [0.5, 0.6) is 0 Å². The highest BCUT2D eigenvalue weighted by Crippen LogP contribution is 2.40. The van der Waals surface area contributed by atoms with E-state index >= 15 is 0 Å². The monoisotopic (exact) mass is 636 g/mol. The summed E-state index contributed by atoms with van der Waals surface area (Å²) in [5.74, 6) is 0. The van der Waals surface area contributed by atoms with E-state index in [0.29, 0.717) is 0 Å². The second kappa shape index (κ2) is 11.5. The van der Waals surface area contributed by atoms with Gasteiger partial charge in [-0.1, -0.05) is 127 Å². The van der Waals surface area contributed by atoms with Gasteiger partial charge in [-0.05, 0) is 110 Å². The van der Waals surface area contributed by atoms with Crippen molar-refractivity contribution in [1.29, 1.82) is 0 Å². The number of nitrogens with zero attached hydrogens (tertiary/aromatic N) is 2. The highest BCUT2D eigenvalue weighted by Gasteiger charge is 2.16. The summed E-state index contributed by atoms with van der Waals surface area (Å²) < 4.78 is 2.41. The van der Waals surface area contributed by atoms with Crippen molar-refractivity contribution in [2.75, 3.05) is 4.90 Å². The number of hydrogen-bond donors (Lipinski definition) is 0. The molecule has 0 spiro atoms. The summed E-state index contributed by atoms with van der Waals surface area (Å²) in [5.41, 5.74) is 9.44. The molecule has 0 unspecified atom stereocenters. The first-order valence-electron chi connectivity index (χ1n) is 17.2. The zero-order valence-corrected chi connectivity index (χ0v) is 27.4. The molecular formula is C48H32N2. The zero-order chi connectivity index (χ0) is 33.0. The molecule has 0 fully saturated rings. The third kappa shape index (κ3) is 4.50. The number of benzene rings is 9. The molecule has 0 saturated carbocycles. The Bertz CT molecular complexity index is 2740. The number of hydrogen-bond acceptors (Lipinski definition) is 1. The van der Waals surface area contributed by atoms with E-state index in [0.717, 1.165) is 17.1 Å². The van der Waals surface area contributed by atoms with Crippen LogP contribution < -0.4 is 4.90 Å². The van der Waals surface area contributed by atoms with E-state index in [4.69, 9.17) is 0 Å². The molecule has 50 heavy (non-hydrogen) atoms. The Labute approximate surface area is 290 Å². The Balaban J connectivity index is 1.11. The Morgan fingerprint density at radius 3 is 1.28 bits per heavy atom. The van der Waals surface area contributed by atoms with Crippen LogP contribution in [0.2, 0.25) is 0 Å². The molecule has 1 aromatic heterocycles. The van der Waals surface area contributed by atoms with Crippen molar-refractivity contribution in [1.82, 2.24) is 4.57 Å². The molecule has 1 heterocycles. The highest BCUT2D eigenvalue weighted by molar-refractivity contribution is 6.26. The minimum Gasteiger partial charge on any atom is -0.311 e. The van der Waals surface area contributed by atoms with Gasteiger partial charge in [0.1, 0.15) is 0 Å². The second-order valence-corrected chi connectivity index (χ2v) is 13.0. The van der Waals surface area contributed by atoms with Gasteiger partial charge in [-0.25, -0.2) is 0 Å². The van der Waals surface area contributed by atoms with Crippen LogP contribution in [0.4, 0.5) is 17.1 Å². The van der Waals surface area contributed by atoms with Gasteiger partial charge in [-0.2, -0.15) is 0 Å². The summed E-state index contributed by atoms with van der Waals surface area (Å²) in [6, 6.07) is 70.3. The molecule has 0 aliphatic rings. The largest absolute Gasteiger partial charge is 0.311 e. The van der Waals surface area contributed by atoms with E-state index in [-0.39, 0.29) is 0 Å². The molecule has 0 radical (unpaired) electrons. The van der Waals surface area contributed by atoms with Crippen LogP contribution in [0, 0.1) is 0 Å². The van der Waals surface area contributed by atoms with E-state index in [1.165, 1.54) is 70.9 Å². The summed E-state index contributed by atoms with van der Waals surface area (Å²) in [5, 5.41) is 10.2. The van der Waals surface area contributed by atoms with Crippen molar-refractivity contribution < 1.29 is 0 Å². The van der Waals surface area contributed by atoms with Crippen LogP contribution in [0.3, 0.4) is 0 Å². The van der Waals surface area contributed by atoms with E-state index in [1.54, 1.807) is 0 Å². The molecule has 0 aliphatic heterocycles. The van der Waals surface area contributed by atoms with Crippen molar-refractivity contribution in [3.05, 3.63) is 194 Å². The summed E-state index contributed by atoms with van der Waals surface area (Å²) in [7, 11) is 0. The Kier molecular flexibility index (Phi) is 6.53. The van der Waals surface area contributed by atoms with Gasteiger partial charge in [0.25, 0.3) is 0 Å². The lowest BCUT2D eigenvalue weighted by Gasteiger charge is -2.25. The number of para-hydroxylation sites is 4. The third-order valence-electron chi connectivity index (χ3n) is 10.1. The predicted molar refractivity (Wildman–Crippen MR) is 213 cm³/mol. The SMILES string of the molecule is c1ccc(N(c2ccccc2)c2ccc(-c3ccc4c5ccc(-n6c7ccccc7c7ccccc76)cc5c5ccccc5c4c3)cc2)cc1. The molecule has 10 rings (SSSR count). The molecule has 0 N–H and O–H groups in total. The summed E-state index contributed by atoms with van der Waals surface area (Å²) >= 11 is 0. The molecule has 0 atom stereocenters. The first-order chi connectivity index (χ1) is 24.8. The van der Waals surface area contributed by atoms with Crippen molar-refractivity contribution >= 4 is 71.2 Å². The standard InChI is InChI=1S/C48H32N2/c1-3-13-35(14-4-1)49(36-15-5-2-6-16-36)37-26-23-33(24-27-37)34-25-29-41-42-30-28-38(32-46(42)40-18-8-7-17-39(40)45(41)31-34)50-47-21-11-9-19-43(47)44-20-10-12-22-48(44)50/h1-32H. The van der Waals surface area contributed by atoms with E-state index < -0.39 is 0 Å². The molecule has 0 aliphatic carbocycles. The quantitative estimate of drug-likeness (QED) is 0.171. The fourth-order valence-corrected chi connectivity index (χ4v) is 7.87. The number of anilines is 3. The van der Waals surface area contributed by atoms with Crippen LogP contribution in [0.1, 0.15) is 0 Å². The van der Waals surface area contributed by atoms with Crippen LogP contribution in [0.15, 0.2) is 194 Å².